The first kappa shape index (κ1) is 18.3. The predicted molar refractivity (Wildman–Crippen MR) is 98.5 cm³/mol. The summed E-state index contributed by atoms with van der Waals surface area (Å²) >= 11 is 3.59. The number of halogens is 1. The fourth-order valence-corrected chi connectivity index (χ4v) is 6.92. The Labute approximate surface area is 153 Å². The van der Waals surface area contributed by atoms with Gasteiger partial charge < -0.3 is 9.16 Å². The number of ketones is 1. The molecule has 3 rings (SSSR count). The van der Waals surface area contributed by atoms with Gasteiger partial charge in [-0.15, -0.1) is 0 Å². The van der Waals surface area contributed by atoms with Crippen LogP contribution in [0.15, 0.2) is 12.2 Å². The monoisotopic (exact) mass is 414 g/mol. The van der Waals surface area contributed by atoms with Gasteiger partial charge in [-0.25, -0.2) is 0 Å². The second-order valence-corrected chi connectivity index (χ2v) is 15.0. The van der Waals surface area contributed by atoms with Crippen molar-refractivity contribution in [3.05, 3.63) is 12.2 Å². The van der Waals surface area contributed by atoms with Crippen molar-refractivity contribution in [3.63, 3.8) is 0 Å². The third-order valence-corrected chi connectivity index (χ3v) is 8.05. The van der Waals surface area contributed by atoms with Crippen LogP contribution in [0.4, 0.5) is 0 Å². The van der Waals surface area contributed by atoms with Gasteiger partial charge in [-0.2, -0.15) is 0 Å². The number of hydrogen-bond acceptors (Lipinski definition) is 4. The zero-order chi connectivity index (χ0) is 18.1. The zero-order valence-electron chi connectivity index (χ0n) is 15.3. The third kappa shape index (κ3) is 2.25. The van der Waals surface area contributed by atoms with E-state index >= 15 is 0 Å². The van der Waals surface area contributed by atoms with Gasteiger partial charge in [0.25, 0.3) is 0 Å². The Kier molecular flexibility index (Phi) is 4.03. The SMILES string of the molecule is C[C@H]1CC[C@@H]2[C@@H](OC(=O)[C@@]2(C)Br)[C@]2(C)C(=O)C=C[C@@]12O[Si](C)(C)C. The molecule has 1 saturated heterocycles. The highest BCUT2D eigenvalue weighted by Crippen LogP contribution is 2.60. The van der Waals surface area contributed by atoms with Gasteiger partial charge in [0.2, 0.25) is 0 Å². The largest absolute Gasteiger partial charge is 0.460 e. The number of fused-ring (bicyclic) bond motifs is 3. The molecule has 0 bridgehead atoms. The van der Waals surface area contributed by atoms with Crippen molar-refractivity contribution in [3.8, 4) is 0 Å². The molecule has 6 heteroatoms. The lowest BCUT2D eigenvalue weighted by Gasteiger charge is -2.50. The molecule has 2 fully saturated rings. The van der Waals surface area contributed by atoms with Gasteiger partial charge in [-0.05, 0) is 64.4 Å². The van der Waals surface area contributed by atoms with Gasteiger partial charge in [0.1, 0.15) is 10.4 Å². The Morgan fingerprint density at radius 2 is 1.88 bits per heavy atom. The first-order valence-corrected chi connectivity index (χ1v) is 12.9. The molecule has 0 N–H and O–H groups in total. The minimum atomic E-state index is -1.93. The van der Waals surface area contributed by atoms with E-state index in [4.69, 9.17) is 9.16 Å². The molecule has 1 saturated carbocycles. The fraction of sp³-hybridized carbons (Fsp3) is 0.778. The molecule has 3 aliphatic rings. The Balaban J connectivity index is 2.17. The molecule has 0 aromatic heterocycles. The molecule has 134 valence electrons. The summed E-state index contributed by atoms with van der Waals surface area (Å²) in [6.07, 6.45) is 4.89. The van der Waals surface area contributed by atoms with Crippen molar-refractivity contribution in [1.82, 2.24) is 0 Å². The van der Waals surface area contributed by atoms with Crippen molar-refractivity contribution in [2.24, 2.45) is 17.3 Å². The summed E-state index contributed by atoms with van der Waals surface area (Å²) in [7, 11) is -1.93. The molecule has 4 nitrogen and oxygen atoms in total. The summed E-state index contributed by atoms with van der Waals surface area (Å²) in [4.78, 5) is 25.5. The third-order valence-electron chi connectivity index (χ3n) is 6.19. The van der Waals surface area contributed by atoms with Crippen molar-refractivity contribution in [2.45, 2.75) is 69.3 Å². The molecule has 0 spiro atoms. The van der Waals surface area contributed by atoms with E-state index < -0.39 is 29.8 Å². The molecule has 0 aromatic rings. The highest BCUT2D eigenvalue weighted by Gasteiger charge is 2.71. The highest BCUT2D eigenvalue weighted by molar-refractivity contribution is 9.10. The van der Waals surface area contributed by atoms with Crippen LogP contribution in [0.25, 0.3) is 0 Å². The lowest BCUT2D eigenvalue weighted by Crippen LogP contribution is -2.61. The minimum Gasteiger partial charge on any atom is -0.460 e. The molecule has 0 radical (unpaired) electrons. The van der Waals surface area contributed by atoms with Crippen LogP contribution < -0.4 is 0 Å². The van der Waals surface area contributed by atoms with E-state index in [1.165, 1.54) is 0 Å². The van der Waals surface area contributed by atoms with E-state index in [9.17, 15) is 9.59 Å². The molecule has 0 amide bonds. The lowest BCUT2D eigenvalue weighted by atomic mass is 9.64. The van der Waals surface area contributed by atoms with Crippen LogP contribution in [-0.2, 0) is 18.8 Å². The van der Waals surface area contributed by atoms with E-state index in [2.05, 4.69) is 42.5 Å². The number of carbonyl (C=O) groups is 2. The summed E-state index contributed by atoms with van der Waals surface area (Å²) in [6.45, 7) is 12.4. The maximum absolute atomic E-state index is 13.0. The van der Waals surface area contributed by atoms with Crippen molar-refractivity contribution in [1.29, 1.82) is 0 Å². The highest BCUT2D eigenvalue weighted by atomic mass is 79.9. The van der Waals surface area contributed by atoms with Gasteiger partial charge in [0.05, 0.1) is 11.0 Å². The van der Waals surface area contributed by atoms with Crippen LogP contribution in [0.2, 0.25) is 19.6 Å². The molecule has 1 heterocycles. The van der Waals surface area contributed by atoms with Gasteiger partial charge in [-0.3, -0.25) is 9.59 Å². The maximum Gasteiger partial charge on any atom is 0.323 e. The Morgan fingerprint density at radius 3 is 2.46 bits per heavy atom. The van der Waals surface area contributed by atoms with E-state index in [1.54, 1.807) is 6.08 Å². The first-order valence-electron chi connectivity index (χ1n) is 8.70. The van der Waals surface area contributed by atoms with Crippen LogP contribution in [0.5, 0.6) is 0 Å². The summed E-state index contributed by atoms with van der Waals surface area (Å²) in [5, 5.41) is 0. The summed E-state index contributed by atoms with van der Waals surface area (Å²) < 4.78 is 11.8. The normalized spacial score (nSPS) is 48.0. The molecule has 0 unspecified atom stereocenters. The summed E-state index contributed by atoms with van der Waals surface area (Å²) in [5.74, 6) is -0.102. The van der Waals surface area contributed by atoms with Crippen molar-refractivity contribution < 1.29 is 18.8 Å². The fourth-order valence-electron chi connectivity index (χ4n) is 4.86. The van der Waals surface area contributed by atoms with Gasteiger partial charge in [-0.1, -0.05) is 22.9 Å². The Bertz CT molecular complexity index is 623. The van der Waals surface area contributed by atoms with Crippen LogP contribution in [0, 0.1) is 17.3 Å². The lowest BCUT2D eigenvalue weighted by molar-refractivity contribution is -0.163. The minimum absolute atomic E-state index is 0.0162. The van der Waals surface area contributed by atoms with E-state index in [0.29, 0.717) is 0 Å². The molecular formula is C18H27BrO4Si. The summed E-state index contributed by atoms with van der Waals surface area (Å²) in [6, 6.07) is 0. The zero-order valence-corrected chi connectivity index (χ0v) is 17.9. The Morgan fingerprint density at radius 1 is 1.25 bits per heavy atom. The second kappa shape index (κ2) is 5.27. The number of ether oxygens (including phenoxy) is 1. The number of esters is 1. The average Bonchev–Trinajstić information content (AvgIpc) is 2.79. The topological polar surface area (TPSA) is 52.6 Å². The average molecular weight is 415 g/mol. The number of alkyl halides is 1. The van der Waals surface area contributed by atoms with Crippen LogP contribution in [0.3, 0.4) is 0 Å². The Hall–Kier alpha value is -0.463. The molecule has 1 aliphatic heterocycles. The number of rotatable bonds is 2. The molecule has 2 aliphatic carbocycles. The van der Waals surface area contributed by atoms with Crippen LogP contribution in [0.1, 0.15) is 33.6 Å². The standard InChI is InChI=1S/C18H27BrO4Si/c1-11-7-8-12-14(22-15(21)17(12,3)19)16(2)13(20)9-10-18(11,16)23-24(4,5)6/h9-12,14H,7-8H2,1-6H3/t11-,12+,14+,16-,17-,18+/m0/s1. The molecular weight excluding hydrogens is 388 g/mol. The number of allylic oxidation sites excluding steroid dienone is 1. The predicted octanol–water partition coefficient (Wildman–Crippen LogP) is 3.85. The van der Waals surface area contributed by atoms with E-state index in [-0.39, 0.29) is 23.6 Å². The number of hydrogen-bond donors (Lipinski definition) is 0. The molecule has 24 heavy (non-hydrogen) atoms. The first-order chi connectivity index (χ1) is 10.9. The molecule has 0 aromatic carbocycles. The second-order valence-electron chi connectivity index (χ2n) is 8.89. The smallest absolute Gasteiger partial charge is 0.323 e. The van der Waals surface area contributed by atoms with E-state index in [1.807, 2.05) is 19.9 Å². The summed E-state index contributed by atoms with van der Waals surface area (Å²) in [5.41, 5.74) is -1.56. The van der Waals surface area contributed by atoms with Gasteiger partial charge in [0.15, 0.2) is 14.1 Å². The van der Waals surface area contributed by atoms with E-state index in [0.717, 1.165) is 12.8 Å². The van der Waals surface area contributed by atoms with Crippen LogP contribution >= 0.6 is 15.9 Å². The maximum atomic E-state index is 13.0. The van der Waals surface area contributed by atoms with Crippen LogP contribution in [-0.4, -0.2) is 36.1 Å². The van der Waals surface area contributed by atoms with Gasteiger partial charge in [0, 0.05) is 5.92 Å². The van der Waals surface area contributed by atoms with Crippen molar-refractivity contribution >= 4 is 36.0 Å². The molecule has 6 atom stereocenters. The van der Waals surface area contributed by atoms with Gasteiger partial charge >= 0.3 is 5.97 Å². The quantitative estimate of drug-likeness (QED) is 0.391. The van der Waals surface area contributed by atoms with Crippen molar-refractivity contribution in [2.75, 3.05) is 0 Å². The number of carbonyl (C=O) groups excluding carboxylic acids is 2.